The maximum absolute atomic E-state index is 13.0. The molecule has 4 N–H and O–H groups in total. The maximum atomic E-state index is 13.0. The van der Waals surface area contributed by atoms with Gasteiger partial charge in [0.25, 0.3) is 11.5 Å². The maximum Gasteiger partial charge on any atom is 0.263 e. The molecule has 0 saturated carbocycles. The Kier molecular flexibility index (Phi) is 6.61. The van der Waals surface area contributed by atoms with Gasteiger partial charge in [-0.05, 0) is 29.1 Å². The quantitative estimate of drug-likeness (QED) is 0.352. The number of rotatable bonds is 8. The average molecular weight is 482 g/mol. The van der Waals surface area contributed by atoms with E-state index < -0.39 is 11.8 Å². The number of thiophene rings is 2. The zero-order valence-corrected chi connectivity index (χ0v) is 18.9. The number of nitrogens with one attached hydrogen (secondary N) is 2. The Morgan fingerprint density at radius 1 is 1.06 bits per heavy atom. The molecule has 0 spiro atoms. The summed E-state index contributed by atoms with van der Waals surface area (Å²) in [5, 5.41) is 9.54. The Morgan fingerprint density at radius 3 is 2.55 bits per heavy atom. The van der Waals surface area contributed by atoms with E-state index in [4.69, 9.17) is 5.73 Å². The number of benzene rings is 1. The molecular weight excluding hydrogens is 462 g/mol. The second kappa shape index (κ2) is 9.76. The molecule has 11 heteroatoms. The van der Waals surface area contributed by atoms with Crippen LogP contribution in [-0.2, 0) is 22.7 Å². The molecule has 0 bridgehead atoms. The van der Waals surface area contributed by atoms with E-state index in [0.29, 0.717) is 15.8 Å². The summed E-state index contributed by atoms with van der Waals surface area (Å²) in [5.41, 5.74) is 6.72. The van der Waals surface area contributed by atoms with Gasteiger partial charge < -0.3 is 16.4 Å². The Balaban J connectivity index is 1.40. The summed E-state index contributed by atoms with van der Waals surface area (Å²) >= 11 is 2.94. The zero-order valence-electron chi connectivity index (χ0n) is 17.2. The molecule has 33 heavy (non-hydrogen) atoms. The summed E-state index contributed by atoms with van der Waals surface area (Å²) in [7, 11) is 0. The van der Waals surface area contributed by atoms with Gasteiger partial charge in [0.2, 0.25) is 11.8 Å². The van der Waals surface area contributed by atoms with Crippen molar-refractivity contribution in [1.82, 2.24) is 20.2 Å². The molecule has 0 aliphatic carbocycles. The number of aromatic nitrogens is 2. The van der Waals surface area contributed by atoms with E-state index in [1.165, 1.54) is 22.2 Å². The molecule has 9 nitrogen and oxygen atoms in total. The Labute approximate surface area is 195 Å². The number of primary amides is 1. The number of fused-ring (bicyclic) bond motifs is 1. The van der Waals surface area contributed by atoms with Gasteiger partial charge in [-0.15, -0.1) is 22.7 Å². The van der Waals surface area contributed by atoms with E-state index in [1.807, 2.05) is 22.9 Å². The fourth-order valence-corrected chi connectivity index (χ4v) is 4.87. The van der Waals surface area contributed by atoms with Crippen molar-refractivity contribution in [2.45, 2.75) is 13.1 Å². The van der Waals surface area contributed by atoms with Gasteiger partial charge in [0, 0.05) is 27.9 Å². The Bertz CT molecular complexity index is 1370. The third kappa shape index (κ3) is 5.16. The van der Waals surface area contributed by atoms with E-state index in [9.17, 15) is 19.2 Å². The summed E-state index contributed by atoms with van der Waals surface area (Å²) in [4.78, 5) is 54.1. The van der Waals surface area contributed by atoms with Crippen LogP contribution in [0, 0.1) is 0 Å². The summed E-state index contributed by atoms with van der Waals surface area (Å²) in [6.07, 6.45) is 1.39. The van der Waals surface area contributed by atoms with Gasteiger partial charge in [0.05, 0.1) is 18.3 Å². The molecule has 0 fully saturated rings. The molecule has 4 rings (SSSR count). The first-order valence-corrected chi connectivity index (χ1v) is 11.6. The van der Waals surface area contributed by atoms with Crippen molar-refractivity contribution in [2.75, 3.05) is 6.54 Å². The second-order valence-electron chi connectivity index (χ2n) is 7.11. The first-order valence-electron chi connectivity index (χ1n) is 9.85. The highest BCUT2D eigenvalue weighted by molar-refractivity contribution is 7.18. The van der Waals surface area contributed by atoms with Gasteiger partial charge in [-0.25, -0.2) is 4.98 Å². The molecule has 3 aromatic heterocycles. The molecule has 0 radical (unpaired) electrons. The van der Waals surface area contributed by atoms with Crippen molar-refractivity contribution >= 4 is 50.6 Å². The lowest BCUT2D eigenvalue weighted by atomic mass is 10.1. The van der Waals surface area contributed by atoms with E-state index in [-0.39, 0.29) is 31.1 Å². The SMILES string of the molecule is NC(=O)CNC(=O)c1ccc(CNC(=O)Cn2cnc3scc(-c4cccs4)c3c2=O)cc1. The van der Waals surface area contributed by atoms with Gasteiger partial charge >= 0.3 is 0 Å². The highest BCUT2D eigenvalue weighted by atomic mass is 32.1. The second-order valence-corrected chi connectivity index (χ2v) is 8.91. The van der Waals surface area contributed by atoms with Gasteiger partial charge in [-0.3, -0.25) is 23.7 Å². The van der Waals surface area contributed by atoms with Crippen LogP contribution in [-0.4, -0.2) is 33.8 Å². The normalized spacial score (nSPS) is 10.8. The molecular formula is C22H19N5O4S2. The largest absolute Gasteiger partial charge is 0.368 e. The molecule has 3 heterocycles. The van der Waals surface area contributed by atoms with Gasteiger partial charge in [-0.1, -0.05) is 18.2 Å². The highest BCUT2D eigenvalue weighted by Crippen LogP contribution is 2.33. The third-order valence-corrected chi connectivity index (χ3v) is 6.58. The number of carbonyl (C=O) groups excluding carboxylic acids is 3. The Hall–Kier alpha value is -3.83. The fourth-order valence-electron chi connectivity index (χ4n) is 3.15. The van der Waals surface area contributed by atoms with Crippen LogP contribution in [0.4, 0.5) is 0 Å². The summed E-state index contributed by atoms with van der Waals surface area (Å²) in [6, 6.07) is 10.4. The number of amides is 3. The highest BCUT2D eigenvalue weighted by Gasteiger charge is 2.15. The van der Waals surface area contributed by atoms with Crippen LogP contribution >= 0.6 is 22.7 Å². The fraction of sp³-hybridized carbons (Fsp3) is 0.136. The smallest absolute Gasteiger partial charge is 0.263 e. The van der Waals surface area contributed by atoms with Crippen molar-refractivity contribution in [2.24, 2.45) is 5.73 Å². The lowest BCUT2D eigenvalue weighted by Crippen LogP contribution is -2.33. The molecule has 3 amide bonds. The molecule has 0 aliphatic rings. The van der Waals surface area contributed by atoms with Crippen LogP contribution in [0.3, 0.4) is 0 Å². The minimum atomic E-state index is -0.627. The zero-order chi connectivity index (χ0) is 23.4. The van der Waals surface area contributed by atoms with Crippen LogP contribution < -0.4 is 21.9 Å². The van der Waals surface area contributed by atoms with E-state index >= 15 is 0 Å². The third-order valence-electron chi connectivity index (χ3n) is 4.79. The predicted molar refractivity (Wildman–Crippen MR) is 127 cm³/mol. The summed E-state index contributed by atoms with van der Waals surface area (Å²) in [6.45, 7) is -0.169. The summed E-state index contributed by atoms with van der Waals surface area (Å²) in [5.74, 6) is -1.38. The van der Waals surface area contributed by atoms with Crippen molar-refractivity contribution in [3.05, 3.63) is 75.0 Å². The lowest BCUT2D eigenvalue weighted by Gasteiger charge is -2.08. The lowest BCUT2D eigenvalue weighted by molar-refractivity contribution is -0.122. The molecule has 168 valence electrons. The molecule has 0 saturated heterocycles. The molecule has 1 aromatic carbocycles. The number of hydrogen-bond donors (Lipinski definition) is 3. The van der Waals surface area contributed by atoms with Crippen molar-refractivity contribution in [3.8, 4) is 10.4 Å². The molecule has 0 aliphatic heterocycles. The van der Waals surface area contributed by atoms with Crippen LogP contribution in [0.5, 0.6) is 0 Å². The molecule has 0 unspecified atom stereocenters. The minimum Gasteiger partial charge on any atom is -0.368 e. The summed E-state index contributed by atoms with van der Waals surface area (Å²) < 4.78 is 1.30. The number of hydrogen-bond acceptors (Lipinski definition) is 7. The number of nitrogens with zero attached hydrogens (tertiary/aromatic N) is 2. The van der Waals surface area contributed by atoms with Crippen molar-refractivity contribution in [1.29, 1.82) is 0 Å². The predicted octanol–water partition coefficient (Wildman–Crippen LogP) is 1.72. The van der Waals surface area contributed by atoms with E-state index in [2.05, 4.69) is 15.6 Å². The molecule has 0 atom stereocenters. The van der Waals surface area contributed by atoms with Crippen LogP contribution in [0.2, 0.25) is 0 Å². The molecule has 4 aromatic rings. The Morgan fingerprint density at radius 2 is 1.85 bits per heavy atom. The first-order chi connectivity index (χ1) is 15.9. The van der Waals surface area contributed by atoms with E-state index in [0.717, 1.165) is 16.0 Å². The van der Waals surface area contributed by atoms with Crippen LogP contribution in [0.1, 0.15) is 15.9 Å². The topological polar surface area (TPSA) is 136 Å². The van der Waals surface area contributed by atoms with E-state index in [1.54, 1.807) is 35.6 Å². The number of carbonyl (C=O) groups is 3. The average Bonchev–Trinajstić information content (AvgIpc) is 3.48. The number of nitrogens with two attached hydrogens (primary N) is 1. The van der Waals surface area contributed by atoms with Gasteiger partial charge in [-0.2, -0.15) is 0 Å². The first kappa shape index (κ1) is 22.4. The van der Waals surface area contributed by atoms with Gasteiger partial charge in [0.15, 0.2) is 0 Å². The van der Waals surface area contributed by atoms with Crippen molar-refractivity contribution in [3.63, 3.8) is 0 Å². The van der Waals surface area contributed by atoms with Crippen molar-refractivity contribution < 1.29 is 14.4 Å². The minimum absolute atomic E-state index is 0.158. The monoisotopic (exact) mass is 481 g/mol. The van der Waals surface area contributed by atoms with Gasteiger partial charge in [0.1, 0.15) is 11.4 Å². The van der Waals surface area contributed by atoms with Crippen LogP contribution in [0.15, 0.2) is 58.3 Å². The van der Waals surface area contributed by atoms with Crippen LogP contribution in [0.25, 0.3) is 20.7 Å². The standard InChI is InChI=1S/C22H19N5O4S2/c23-17(28)9-25-20(30)14-5-3-13(4-6-14)8-24-18(29)10-27-12-26-21-19(22(27)31)15(11-33-21)16-2-1-7-32-16/h1-7,11-12H,8-10H2,(H2,23,28)(H,24,29)(H,25,30).